The normalized spacial score (nSPS) is 15.7. The number of hydrogen-bond acceptors (Lipinski definition) is 5. The van der Waals surface area contributed by atoms with E-state index in [0.29, 0.717) is 6.61 Å². The van der Waals surface area contributed by atoms with Crippen LogP contribution in [0.2, 0.25) is 0 Å². The second kappa shape index (κ2) is 10.6. The van der Waals surface area contributed by atoms with Crippen molar-refractivity contribution in [1.29, 1.82) is 0 Å². The lowest BCUT2D eigenvalue weighted by molar-refractivity contribution is -0.0194. The number of nitrogens with zero attached hydrogens (tertiary/aromatic N) is 3. The van der Waals surface area contributed by atoms with E-state index >= 15 is 0 Å². The van der Waals surface area contributed by atoms with Gasteiger partial charge in [0.25, 0.3) is 5.20 Å². The molecule has 3 aromatic rings. The Bertz CT molecular complexity index is 885. The van der Waals surface area contributed by atoms with Gasteiger partial charge >= 0.3 is 0 Å². The minimum Gasteiger partial charge on any atom is -0.455 e. The fourth-order valence-corrected chi connectivity index (χ4v) is 3.83. The Morgan fingerprint density at radius 3 is 2.27 bits per heavy atom. The molecule has 0 aliphatic carbocycles. The molecule has 0 bridgehead atoms. The maximum atomic E-state index is 5.81. The van der Waals surface area contributed by atoms with Gasteiger partial charge in [-0.1, -0.05) is 48.5 Å². The number of halogens is 1. The first kappa shape index (κ1) is 20.8. The number of anilines is 1. The van der Waals surface area contributed by atoms with Crippen LogP contribution in [0.5, 0.6) is 5.75 Å². The van der Waals surface area contributed by atoms with Crippen LogP contribution >= 0.6 is 15.9 Å². The van der Waals surface area contributed by atoms with Gasteiger partial charge in [0.2, 0.25) is 0 Å². The van der Waals surface area contributed by atoms with Crippen molar-refractivity contribution >= 4 is 21.7 Å². The fraction of sp³-hybridized carbons (Fsp3) is 0.292. The Balaban J connectivity index is 1.21. The first-order valence-corrected chi connectivity index (χ1v) is 11.1. The third kappa shape index (κ3) is 6.05. The second-order valence-electron chi connectivity index (χ2n) is 7.28. The van der Waals surface area contributed by atoms with Crippen LogP contribution in [0, 0.1) is 0 Å². The Morgan fingerprint density at radius 1 is 0.833 bits per heavy atom. The zero-order valence-corrected chi connectivity index (χ0v) is 18.4. The lowest BCUT2D eigenvalue weighted by atomic mass is 10.2. The van der Waals surface area contributed by atoms with Gasteiger partial charge in [-0.15, -0.1) is 0 Å². The van der Waals surface area contributed by atoms with Crippen LogP contribution in [-0.2, 0) is 17.9 Å². The molecule has 4 rings (SSSR count). The molecule has 1 saturated heterocycles. The molecular weight excluding hydrogens is 442 g/mol. The van der Waals surface area contributed by atoms with Crippen molar-refractivity contribution in [3.05, 3.63) is 90.1 Å². The SMILES string of the molecule is BrC(OCc1ccccc1)Oc1ccc(CN2CCN(c3ccccn3)CC2)cc1. The number of piperazine rings is 1. The van der Waals surface area contributed by atoms with Gasteiger partial charge in [-0.2, -0.15) is 0 Å². The van der Waals surface area contributed by atoms with Crippen molar-refractivity contribution in [1.82, 2.24) is 9.88 Å². The molecule has 0 amide bonds. The molecule has 0 N–H and O–H groups in total. The largest absolute Gasteiger partial charge is 0.455 e. The molecule has 1 aliphatic rings. The molecule has 1 atom stereocenters. The van der Waals surface area contributed by atoms with Gasteiger partial charge in [-0.25, -0.2) is 4.98 Å². The number of aromatic nitrogens is 1. The molecule has 0 saturated carbocycles. The van der Waals surface area contributed by atoms with Gasteiger partial charge < -0.3 is 14.4 Å². The highest BCUT2D eigenvalue weighted by Crippen LogP contribution is 2.19. The predicted octanol–water partition coefficient (Wildman–Crippen LogP) is 4.68. The van der Waals surface area contributed by atoms with Crippen molar-refractivity contribution in [2.24, 2.45) is 0 Å². The summed E-state index contributed by atoms with van der Waals surface area (Å²) >= 11 is 3.43. The lowest BCUT2D eigenvalue weighted by Gasteiger charge is -2.35. The van der Waals surface area contributed by atoms with Crippen LogP contribution < -0.4 is 9.64 Å². The summed E-state index contributed by atoms with van der Waals surface area (Å²) in [6.45, 7) is 5.51. The predicted molar refractivity (Wildman–Crippen MR) is 123 cm³/mol. The minimum atomic E-state index is -0.483. The van der Waals surface area contributed by atoms with Crippen molar-refractivity contribution in [3.63, 3.8) is 0 Å². The lowest BCUT2D eigenvalue weighted by Crippen LogP contribution is -2.46. The van der Waals surface area contributed by atoms with E-state index in [-0.39, 0.29) is 0 Å². The van der Waals surface area contributed by atoms with Crippen molar-refractivity contribution in [3.8, 4) is 5.75 Å². The van der Waals surface area contributed by atoms with Gasteiger partial charge in [0.15, 0.2) is 0 Å². The number of alkyl halides is 1. The average molecular weight is 468 g/mol. The van der Waals surface area contributed by atoms with Gasteiger partial charge in [0.1, 0.15) is 11.6 Å². The van der Waals surface area contributed by atoms with Crippen LogP contribution in [0.25, 0.3) is 0 Å². The summed E-state index contributed by atoms with van der Waals surface area (Å²) in [6.07, 6.45) is 1.86. The first-order valence-electron chi connectivity index (χ1n) is 10.2. The van der Waals surface area contributed by atoms with E-state index in [9.17, 15) is 0 Å². The fourth-order valence-electron chi connectivity index (χ4n) is 3.48. The van der Waals surface area contributed by atoms with E-state index in [1.807, 2.05) is 60.8 Å². The van der Waals surface area contributed by atoms with E-state index < -0.39 is 5.20 Å². The van der Waals surface area contributed by atoms with Crippen molar-refractivity contribution in [2.75, 3.05) is 31.1 Å². The van der Waals surface area contributed by atoms with E-state index in [4.69, 9.17) is 9.47 Å². The minimum absolute atomic E-state index is 0.483. The topological polar surface area (TPSA) is 37.8 Å². The number of rotatable bonds is 8. The molecule has 5 nitrogen and oxygen atoms in total. The Kier molecular flexibility index (Phi) is 7.34. The van der Waals surface area contributed by atoms with E-state index in [2.05, 4.69) is 48.9 Å². The molecule has 0 radical (unpaired) electrons. The molecule has 1 aliphatic heterocycles. The zero-order chi connectivity index (χ0) is 20.6. The van der Waals surface area contributed by atoms with Gasteiger partial charge in [0.05, 0.1) is 6.61 Å². The number of benzene rings is 2. The maximum Gasteiger partial charge on any atom is 0.257 e. The van der Waals surface area contributed by atoms with Gasteiger partial charge in [-0.05, 0) is 51.3 Å². The zero-order valence-electron chi connectivity index (χ0n) is 16.9. The number of ether oxygens (including phenoxy) is 2. The van der Waals surface area contributed by atoms with E-state index in [0.717, 1.165) is 49.9 Å². The summed E-state index contributed by atoms with van der Waals surface area (Å²) in [6, 6.07) is 24.4. The molecule has 1 aromatic heterocycles. The molecule has 156 valence electrons. The highest BCUT2D eigenvalue weighted by atomic mass is 79.9. The van der Waals surface area contributed by atoms with Crippen LogP contribution in [0.1, 0.15) is 11.1 Å². The van der Waals surface area contributed by atoms with Gasteiger partial charge in [-0.3, -0.25) is 4.90 Å². The first-order chi connectivity index (χ1) is 14.8. The molecule has 1 fully saturated rings. The molecule has 30 heavy (non-hydrogen) atoms. The summed E-state index contributed by atoms with van der Waals surface area (Å²) in [7, 11) is 0. The molecule has 6 heteroatoms. The monoisotopic (exact) mass is 467 g/mol. The van der Waals surface area contributed by atoms with E-state index in [1.54, 1.807) is 0 Å². The van der Waals surface area contributed by atoms with Crippen molar-refractivity contribution < 1.29 is 9.47 Å². The molecule has 2 heterocycles. The van der Waals surface area contributed by atoms with Crippen LogP contribution in [-0.4, -0.2) is 41.3 Å². The quantitative estimate of drug-likeness (QED) is 0.355. The molecule has 1 unspecified atom stereocenters. The summed E-state index contributed by atoms with van der Waals surface area (Å²) < 4.78 is 11.5. The van der Waals surface area contributed by atoms with E-state index in [1.165, 1.54) is 5.56 Å². The Labute approximate surface area is 186 Å². The molecule has 0 spiro atoms. The summed E-state index contributed by atoms with van der Waals surface area (Å²) in [5, 5.41) is -0.483. The highest BCUT2D eigenvalue weighted by molar-refractivity contribution is 9.09. The summed E-state index contributed by atoms with van der Waals surface area (Å²) in [5.74, 6) is 1.85. The molecule has 2 aromatic carbocycles. The third-order valence-corrected chi connectivity index (χ3v) is 5.58. The summed E-state index contributed by atoms with van der Waals surface area (Å²) in [4.78, 5) is 9.28. The standard InChI is InChI=1S/C24H26BrN3O2/c25-24(29-19-21-6-2-1-3-7-21)30-22-11-9-20(10-12-22)18-27-14-16-28(17-15-27)23-8-4-5-13-26-23/h1-13,24H,14-19H2. The maximum absolute atomic E-state index is 5.81. The Morgan fingerprint density at radius 2 is 1.57 bits per heavy atom. The molecular formula is C24H26BrN3O2. The second-order valence-corrected chi connectivity index (χ2v) is 8.03. The van der Waals surface area contributed by atoms with Crippen LogP contribution in [0.3, 0.4) is 0 Å². The number of hydrogen-bond donors (Lipinski definition) is 0. The third-order valence-electron chi connectivity index (χ3n) is 5.13. The van der Waals surface area contributed by atoms with Gasteiger partial charge in [0, 0.05) is 38.9 Å². The smallest absolute Gasteiger partial charge is 0.257 e. The average Bonchev–Trinajstić information content (AvgIpc) is 2.81. The van der Waals surface area contributed by atoms with Crippen LogP contribution in [0.15, 0.2) is 79.0 Å². The highest BCUT2D eigenvalue weighted by Gasteiger charge is 2.18. The summed E-state index contributed by atoms with van der Waals surface area (Å²) in [5.41, 5.74) is 2.40. The van der Waals surface area contributed by atoms with Crippen LogP contribution in [0.4, 0.5) is 5.82 Å². The van der Waals surface area contributed by atoms with Crippen molar-refractivity contribution in [2.45, 2.75) is 18.4 Å². The Hall–Kier alpha value is -2.41. The number of pyridine rings is 1.